The minimum atomic E-state index is -5.08. The van der Waals surface area contributed by atoms with Gasteiger partial charge < -0.3 is 30.2 Å². The summed E-state index contributed by atoms with van der Waals surface area (Å²) in [4.78, 5) is 29.0. The van der Waals surface area contributed by atoms with E-state index < -0.39 is 53.2 Å². The van der Waals surface area contributed by atoms with E-state index in [1.807, 2.05) is 5.32 Å². The Kier molecular flexibility index (Phi) is 10.5. The number of hydrogen-bond acceptors (Lipinski definition) is 7. The second-order valence-corrected chi connectivity index (χ2v) is 11.1. The Morgan fingerprint density at radius 2 is 1.55 bits per heavy atom. The lowest BCUT2D eigenvalue weighted by Crippen LogP contribution is -2.35. The molecule has 1 aliphatic heterocycles. The molecule has 1 fully saturated rings. The lowest BCUT2D eigenvalue weighted by molar-refractivity contribution is -0.143. The lowest BCUT2D eigenvalue weighted by Gasteiger charge is -2.23. The molecule has 2 amide bonds. The van der Waals surface area contributed by atoms with Gasteiger partial charge in [-0.2, -0.15) is 26.3 Å². The number of benzene rings is 3. The summed E-state index contributed by atoms with van der Waals surface area (Å²) >= 11 is 0. The van der Waals surface area contributed by atoms with Crippen LogP contribution < -0.4 is 30.2 Å². The fraction of sp³-hybridized carbons (Fsp3) is 0.303. The van der Waals surface area contributed by atoms with E-state index in [9.17, 15) is 35.9 Å². The van der Waals surface area contributed by atoms with Crippen molar-refractivity contribution in [2.45, 2.75) is 31.7 Å². The molecule has 9 nitrogen and oxygen atoms in total. The van der Waals surface area contributed by atoms with Crippen molar-refractivity contribution in [2.24, 2.45) is 5.92 Å². The topological polar surface area (TPSA) is 111 Å². The van der Waals surface area contributed by atoms with Crippen molar-refractivity contribution in [1.82, 2.24) is 15.6 Å². The van der Waals surface area contributed by atoms with Crippen molar-refractivity contribution in [3.63, 3.8) is 0 Å². The van der Waals surface area contributed by atoms with Gasteiger partial charge in [-0.25, -0.2) is 4.39 Å². The van der Waals surface area contributed by atoms with Gasteiger partial charge in [0.1, 0.15) is 11.3 Å². The van der Waals surface area contributed by atoms with E-state index in [0.29, 0.717) is 47.1 Å². The van der Waals surface area contributed by atoms with Crippen LogP contribution in [0.1, 0.15) is 29.5 Å². The van der Waals surface area contributed by atoms with E-state index >= 15 is 4.39 Å². The molecule has 0 radical (unpaired) electrons. The summed E-state index contributed by atoms with van der Waals surface area (Å²) in [7, 11) is 1.48. The molecule has 16 heteroatoms. The van der Waals surface area contributed by atoms with Gasteiger partial charge in [-0.1, -0.05) is 0 Å². The Balaban J connectivity index is 1.24. The zero-order valence-corrected chi connectivity index (χ0v) is 25.7. The summed E-state index contributed by atoms with van der Waals surface area (Å²) < 4.78 is 111. The number of carbonyl (C=O) groups excluding carboxylic acids is 2. The van der Waals surface area contributed by atoms with Gasteiger partial charge in [0, 0.05) is 29.9 Å². The van der Waals surface area contributed by atoms with E-state index in [1.165, 1.54) is 31.5 Å². The molecule has 0 atom stereocenters. The number of alkyl halides is 6. The SMILES string of the molecule is COc1c(OCC2CCNCC2)ccc2c(Oc3ccc(NC(=O)C(=O)NCc4cc(C(F)(F)F)cc(C(F)(F)F)c4)cc3F)ccnc12. The molecule has 1 aromatic heterocycles. The summed E-state index contributed by atoms with van der Waals surface area (Å²) in [5, 5.41) is 7.87. The fourth-order valence-electron chi connectivity index (χ4n) is 5.16. The largest absolute Gasteiger partial charge is 0.491 e. The van der Waals surface area contributed by atoms with Crippen LogP contribution in [0.15, 0.2) is 60.8 Å². The summed E-state index contributed by atoms with van der Waals surface area (Å²) in [6.07, 6.45) is -6.73. The minimum Gasteiger partial charge on any atom is -0.491 e. The first kappa shape index (κ1) is 35.2. The Morgan fingerprint density at radius 1 is 0.878 bits per heavy atom. The third-order valence-electron chi connectivity index (χ3n) is 7.64. The highest BCUT2D eigenvalue weighted by Crippen LogP contribution is 2.40. The Bertz CT molecular complexity index is 1810. The first-order valence-corrected chi connectivity index (χ1v) is 14.9. The van der Waals surface area contributed by atoms with Gasteiger partial charge in [0.15, 0.2) is 23.1 Å². The van der Waals surface area contributed by atoms with Crippen LogP contribution in [0.25, 0.3) is 10.9 Å². The van der Waals surface area contributed by atoms with Crippen molar-refractivity contribution < 1.29 is 54.5 Å². The van der Waals surface area contributed by atoms with Gasteiger partial charge in [-0.3, -0.25) is 14.6 Å². The molecular weight excluding hydrogens is 665 g/mol. The average Bonchev–Trinajstić information content (AvgIpc) is 3.06. The highest BCUT2D eigenvalue weighted by atomic mass is 19.4. The first-order chi connectivity index (χ1) is 23.2. The van der Waals surface area contributed by atoms with Gasteiger partial charge in [-0.05, 0) is 85.9 Å². The molecule has 1 saturated heterocycles. The van der Waals surface area contributed by atoms with Crippen LogP contribution in [0, 0.1) is 11.7 Å². The van der Waals surface area contributed by atoms with E-state index in [1.54, 1.807) is 12.1 Å². The Labute approximate surface area is 274 Å². The minimum absolute atomic E-state index is 0.0590. The van der Waals surface area contributed by atoms with Crippen LogP contribution in [0.5, 0.6) is 23.0 Å². The van der Waals surface area contributed by atoms with Crippen LogP contribution in [0.3, 0.4) is 0 Å². The first-order valence-electron chi connectivity index (χ1n) is 14.9. The molecule has 0 bridgehead atoms. The quantitative estimate of drug-likeness (QED) is 0.130. The summed E-state index contributed by atoms with van der Waals surface area (Å²) in [6, 6.07) is 8.98. The molecule has 3 N–H and O–H groups in total. The number of halogens is 7. The molecule has 4 aromatic rings. The van der Waals surface area contributed by atoms with Gasteiger partial charge in [-0.15, -0.1) is 0 Å². The van der Waals surface area contributed by atoms with Gasteiger partial charge >= 0.3 is 24.2 Å². The molecule has 2 heterocycles. The monoisotopic (exact) mass is 694 g/mol. The zero-order chi connectivity index (χ0) is 35.3. The van der Waals surface area contributed by atoms with E-state index in [4.69, 9.17) is 14.2 Å². The molecule has 3 aromatic carbocycles. The van der Waals surface area contributed by atoms with Gasteiger partial charge in [0.05, 0.1) is 24.8 Å². The Hall–Kier alpha value is -5.12. The number of pyridine rings is 1. The van der Waals surface area contributed by atoms with Crippen molar-refractivity contribution in [1.29, 1.82) is 0 Å². The second-order valence-electron chi connectivity index (χ2n) is 11.1. The molecule has 1 aliphatic rings. The molecular formula is C33H29F7N4O5. The van der Waals surface area contributed by atoms with Crippen molar-refractivity contribution in [3.8, 4) is 23.0 Å². The molecule has 0 unspecified atom stereocenters. The molecule has 5 rings (SSSR count). The summed E-state index contributed by atoms with van der Waals surface area (Å²) in [5.74, 6) is -2.41. The van der Waals surface area contributed by atoms with Crippen LogP contribution in [-0.2, 0) is 28.5 Å². The molecule has 0 saturated carbocycles. The number of piperidine rings is 1. The number of fused-ring (bicyclic) bond motifs is 1. The third kappa shape index (κ3) is 8.68. The van der Waals surface area contributed by atoms with Gasteiger partial charge in [0.2, 0.25) is 0 Å². The van der Waals surface area contributed by atoms with E-state index in [0.717, 1.165) is 32.0 Å². The number of anilines is 1. The number of amides is 2. The van der Waals surface area contributed by atoms with Crippen molar-refractivity contribution in [3.05, 3.63) is 83.3 Å². The smallest absolute Gasteiger partial charge is 0.416 e. The maximum absolute atomic E-state index is 15.1. The Morgan fingerprint density at radius 3 is 2.18 bits per heavy atom. The lowest BCUT2D eigenvalue weighted by atomic mass is 9.99. The van der Waals surface area contributed by atoms with Gasteiger partial charge in [0.25, 0.3) is 0 Å². The summed E-state index contributed by atoms with van der Waals surface area (Å²) in [6.45, 7) is 1.54. The second kappa shape index (κ2) is 14.6. The zero-order valence-electron chi connectivity index (χ0n) is 25.7. The molecule has 0 aliphatic carbocycles. The number of hydrogen-bond donors (Lipinski definition) is 3. The normalized spacial score (nSPS) is 14.0. The van der Waals surface area contributed by atoms with Crippen LogP contribution in [-0.4, -0.2) is 43.6 Å². The fourth-order valence-corrected chi connectivity index (χ4v) is 5.16. The molecule has 0 spiro atoms. The standard InChI is InChI=1S/C33H29F7N4O5/c1-47-29-27(48-17-18-6-9-41-10-7-18)5-3-23-25(8-11-42-28(23)29)49-26-4-2-22(15-24(26)34)44-31(46)30(45)43-16-19-12-20(32(35,36)37)14-21(13-19)33(38,39)40/h2-5,8,11-15,18,41H,6-7,9-10,16-17H2,1H3,(H,43,45)(H,44,46). The average molecular weight is 695 g/mol. The van der Waals surface area contributed by atoms with Crippen LogP contribution in [0.4, 0.5) is 36.4 Å². The maximum atomic E-state index is 15.1. The molecule has 260 valence electrons. The number of carbonyl (C=O) groups is 2. The predicted octanol–water partition coefficient (Wildman–Crippen LogP) is 6.85. The number of methoxy groups -OCH3 is 1. The van der Waals surface area contributed by atoms with E-state index in [2.05, 4.69) is 15.6 Å². The van der Waals surface area contributed by atoms with Crippen molar-refractivity contribution >= 4 is 28.4 Å². The number of ether oxygens (including phenoxy) is 3. The number of rotatable bonds is 9. The third-order valence-corrected chi connectivity index (χ3v) is 7.64. The van der Waals surface area contributed by atoms with E-state index in [-0.39, 0.29) is 23.3 Å². The highest BCUT2D eigenvalue weighted by molar-refractivity contribution is 6.39. The number of aromatic nitrogens is 1. The maximum Gasteiger partial charge on any atom is 0.416 e. The predicted molar refractivity (Wildman–Crippen MR) is 163 cm³/mol. The number of nitrogens with zero attached hydrogens (tertiary/aromatic N) is 1. The van der Waals surface area contributed by atoms with Crippen LogP contribution in [0.2, 0.25) is 0 Å². The van der Waals surface area contributed by atoms with Crippen molar-refractivity contribution in [2.75, 3.05) is 32.1 Å². The highest BCUT2D eigenvalue weighted by Gasteiger charge is 2.37. The summed E-state index contributed by atoms with van der Waals surface area (Å²) in [5.41, 5.74) is -3.46. The van der Waals surface area contributed by atoms with Crippen LogP contribution >= 0.6 is 0 Å². The molecule has 49 heavy (non-hydrogen) atoms. The number of nitrogens with one attached hydrogen (secondary N) is 3.